The first kappa shape index (κ1) is 23.0. The van der Waals surface area contributed by atoms with Crippen molar-refractivity contribution in [3.8, 4) is 0 Å². The largest absolute Gasteiger partial charge is 0.451 e. The van der Waals surface area contributed by atoms with Crippen LogP contribution in [0.5, 0.6) is 0 Å². The van der Waals surface area contributed by atoms with Crippen LogP contribution in [0.25, 0.3) is 0 Å². The van der Waals surface area contributed by atoms with Gasteiger partial charge in [-0.15, -0.1) is 0 Å². The molecule has 1 fully saturated rings. The Morgan fingerprint density at radius 1 is 1.24 bits per heavy atom. The molecule has 178 valence electrons. The van der Waals surface area contributed by atoms with Gasteiger partial charge in [0.2, 0.25) is 0 Å². The molecule has 34 heavy (non-hydrogen) atoms. The van der Waals surface area contributed by atoms with Crippen molar-refractivity contribution in [3.63, 3.8) is 0 Å². The van der Waals surface area contributed by atoms with Gasteiger partial charge in [-0.25, -0.2) is 9.59 Å². The lowest BCUT2D eigenvalue weighted by Gasteiger charge is -2.24. The molecule has 1 saturated carbocycles. The number of hydrogen-bond acceptors (Lipinski definition) is 7. The highest BCUT2D eigenvalue weighted by atomic mass is 16.5. The van der Waals surface area contributed by atoms with Crippen LogP contribution in [0.2, 0.25) is 0 Å². The summed E-state index contributed by atoms with van der Waals surface area (Å²) in [5, 5.41) is 6.76. The zero-order valence-corrected chi connectivity index (χ0v) is 18.7. The van der Waals surface area contributed by atoms with Crippen molar-refractivity contribution in [1.29, 1.82) is 0 Å². The summed E-state index contributed by atoms with van der Waals surface area (Å²) in [7, 11) is 0. The van der Waals surface area contributed by atoms with E-state index >= 15 is 0 Å². The van der Waals surface area contributed by atoms with E-state index in [9.17, 15) is 19.2 Å². The van der Waals surface area contributed by atoms with E-state index in [1.54, 1.807) is 6.07 Å². The van der Waals surface area contributed by atoms with Gasteiger partial charge in [0.1, 0.15) is 5.82 Å². The number of nitrogens with one attached hydrogen (secondary N) is 2. The minimum atomic E-state index is -0.790. The maximum atomic E-state index is 13.0. The Labute approximate surface area is 194 Å². The fourth-order valence-corrected chi connectivity index (χ4v) is 3.67. The van der Waals surface area contributed by atoms with Gasteiger partial charge in [-0.05, 0) is 30.9 Å². The monoisotopic (exact) mass is 466 g/mol. The van der Waals surface area contributed by atoms with Gasteiger partial charge < -0.3 is 15.4 Å². The highest BCUT2D eigenvalue weighted by molar-refractivity contribution is 5.98. The predicted octanol–water partition coefficient (Wildman–Crippen LogP) is 1.37. The molecule has 0 aliphatic heterocycles. The molecule has 1 amide bonds. The van der Waals surface area contributed by atoms with Crippen molar-refractivity contribution >= 4 is 23.4 Å². The number of hydrogen-bond donors (Lipinski definition) is 3. The lowest BCUT2D eigenvalue weighted by molar-refractivity contribution is -0.121. The second-order valence-corrected chi connectivity index (χ2v) is 8.17. The zero-order chi connectivity index (χ0) is 24.2. The number of esters is 1. The minimum absolute atomic E-state index is 0.0884. The third-order valence-electron chi connectivity index (χ3n) is 5.57. The quantitative estimate of drug-likeness (QED) is 0.402. The van der Waals surface area contributed by atoms with E-state index in [1.807, 2.05) is 37.3 Å². The van der Waals surface area contributed by atoms with E-state index < -0.39 is 29.7 Å². The molecule has 0 unspecified atom stereocenters. The number of rotatable bonds is 9. The van der Waals surface area contributed by atoms with Gasteiger partial charge in [0, 0.05) is 18.2 Å². The average Bonchev–Trinajstić information content (AvgIpc) is 3.56. The Kier molecular flexibility index (Phi) is 6.62. The molecular formula is C23H26N6O5. The van der Waals surface area contributed by atoms with E-state index in [4.69, 9.17) is 10.5 Å². The first-order valence-electron chi connectivity index (χ1n) is 11.1. The number of carbonyl (C=O) groups excluding carboxylic acids is 2. The molecule has 0 saturated heterocycles. The molecule has 2 heterocycles. The van der Waals surface area contributed by atoms with Gasteiger partial charge >= 0.3 is 11.7 Å². The summed E-state index contributed by atoms with van der Waals surface area (Å²) in [5.74, 6) is -1.15. The number of aromatic nitrogens is 4. The van der Waals surface area contributed by atoms with Crippen LogP contribution in [0.4, 0.5) is 11.5 Å². The van der Waals surface area contributed by atoms with Gasteiger partial charge in [-0.3, -0.25) is 24.2 Å². The van der Waals surface area contributed by atoms with Gasteiger partial charge in [-0.2, -0.15) is 5.10 Å². The van der Waals surface area contributed by atoms with Crippen LogP contribution in [0.3, 0.4) is 0 Å². The number of nitrogens with two attached hydrogens (primary N) is 1. The Morgan fingerprint density at radius 2 is 1.97 bits per heavy atom. The topological polar surface area (TPSA) is 156 Å². The zero-order valence-electron chi connectivity index (χ0n) is 18.7. The highest BCUT2D eigenvalue weighted by Crippen LogP contribution is 2.39. The molecule has 0 atom stereocenters. The summed E-state index contributed by atoms with van der Waals surface area (Å²) in [6.45, 7) is 1.46. The molecule has 0 bridgehead atoms. The average molecular weight is 466 g/mol. The SMILES string of the molecule is CCCN(C(=O)COC(=O)c1cc(C2CC2)[nH]n1)c1c(N)n(Cc2ccccc2)c(=O)[nH]c1=O. The smallest absolute Gasteiger partial charge is 0.359 e. The number of carbonyl (C=O) groups is 2. The third-order valence-corrected chi connectivity index (χ3v) is 5.57. The first-order valence-corrected chi connectivity index (χ1v) is 11.1. The number of amides is 1. The fourth-order valence-electron chi connectivity index (χ4n) is 3.67. The molecule has 2 aromatic heterocycles. The van der Waals surface area contributed by atoms with Crippen molar-refractivity contribution in [2.24, 2.45) is 0 Å². The number of H-pyrrole nitrogens is 2. The number of anilines is 2. The molecule has 11 nitrogen and oxygen atoms in total. The molecule has 1 aromatic carbocycles. The Bertz CT molecular complexity index is 1310. The molecule has 1 aliphatic rings. The molecule has 11 heteroatoms. The van der Waals surface area contributed by atoms with E-state index in [-0.39, 0.29) is 30.3 Å². The molecule has 0 spiro atoms. The van der Waals surface area contributed by atoms with Gasteiger partial charge in [-0.1, -0.05) is 37.3 Å². The third kappa shape index (κ3) is 4.92. The fraction of sp³-hybridized carbons (Fsp3) is 0.348. The van der Waals surface area contributed by atoms with Gasteiger partial charge in [0.05, 0.1) is 6.54 Å². The molecular weight excluding hydrogens is 440 g/mol. The first-order chi connectivity index (χ1) is 16.4. The lowest BCUT2D eigenvalue weighted by Crippen LogP contribution is -2.43. The Hall–Kier alpha value is -4.15. The summed E-state index contributed by atoms with van der Waals surface area (Å²) >= 11 is 0. The van der Waals surface area contributed by atoms with Crippen molar-refractivity contribution in [2.75, 3.05) is 23.8 Å². The van der Waals surface area contributed by atoms with Crippen molar-refractivity contribution in [2.45, 2.75) is 38.6 Å². The van der Waals surface area contributed by atoms with Crippen LogP contribution >= 0.6 is 0 Å². The summed E-state index contributed by atoms with van der Waals surface area (Å²) in [6, 6.07) is 10.7. The van der Waals surface area contributed by atoms with E-state index in [2.05, 4.69) is 15.2 Å². The van der Waals surface area contributed by atoms with Gasteiger partial charge in [0.15, 0.2) is 18.0 Å². The summed E-state index contributed by atoms with van der Waals surface area (Å²) in [5.41, 5.74) is 6.33. The molecule has 0 radical (unpaired) electrons. The second-order valence-electron chi connectivity index (χ2n) is 8.17. The number of nitrogens with zero attached hydrogens (tertiary/aromatic N) is 3. The molecule has 4 N–H and O–H groups in total. The minimum Gasteiger partial charge on any atom is -0.451 e. The summed E-state index contributed by atoms with van der Waals surface area (Å²) < 4.78 is 6.34. The van der Waals surface area contributed by atoms with Gasteiger partial charge in [0.25, 0.3) is 11.5 Å². The van der Waals surface area contributed by atoms with Crippen molar-refractivity contribution < 1.29 is 14.3 Å². The maximum Gasteiger partial charge on any atom is 0.359 e. The van der Waals surface area contributed by atoms with Crippen LogP contribution in [0, 0.1) is 0 Å². The molecule has 1 aliphatic carbocycles. The molecule has 3 aromatic rings. The maximum absolute atomic E-state index is 13.0. The second kappa shape index (κ2) is 9.77. The number of ether oxygens (including phenoxy) is 1. The van der Waals surface area contributed by atoms with Crippen molar-refractivity contribution in [1.82, 2.24) is 19.7 Å². The predicted molar refractivity (Wildman–Crippen MR) is 125 cm³/mol. The summed E-state index contributed by atoms with van der Waals surface area (Å²) in [6.07, 6.45) is 2.59. The highest BCUT2D eigenvalue weighted by Gasteiger charge is 2.28. The van der Waals surface area contributed by atoms with E-state index in [1.165, 1.54) is 4.57 Å². The number of aromatic amines is 2. The standard InChI is InChI=1S/C23H26N6O5/c1-2-10-28(18(30)13-34-22(32)17-11-16(26-27-17)15-8-9-15)19-20(24)29(23(33)25-21(19)31)12-14-6-4-3-5-7-14/h3-7,11,15H,2,8-10,12-13,24H2,1H3,(H,26,27)(H,25,31,33). The number of benzene rings is 1. The van der Waals surface area contributed by atoms with Crippen molar-refractivity contribution in [3.05, 3.63) is 74.2 Å². The van der Waals surface area contributed by atoms with E-state index in [0.717, 1.165) is 29.0 Å². The van der Waals surface area contributed by atoms with Crippen LogP contribution in [-0.2, 0) is 16.1 Å². The van der Waals surface area contributed by atoms with Crippen LogP contribution in [-0.4, -0.2) is 44.8 Å². The Balaban J connectivity index is 1.55. The van der Waals surface area contributed by atoms with Crippen LogP contribution in [0.1, 0.15) is 53.8 Å². The van der Waals surface area contributed by atoms with Crippen LogP contribution < -0.4 is 21.9 Å². The Morgan fingerprint density at radius 3 is 2.65 bits per heavy atom. The number of nitrogen functional groups attached to an aromatic ring is 1. The normalized spacial score (nSPS) is 13.0. The van der Waals surface area contributed by atoms with E-state index in [0.29, 0.717) is 12.3 Å². The molecule has 4 rings (SSSR count). The van der Waals surface area contributed by atoms with Crippen LogP contribution in [0.15, 0.2) is 46.0 Å². The summed E-state index contributed by atoms with van der Waals surface area (Å²) in [4.78, 5) is 53.8. The lowest BCUT2D eigenvalue weighted by atomic mass is 10.2.